The Morgan fingerprint density at radius 3 is 2.86 bits per heavy atom. The lowest BCUT2D eigenvalue weighted by Gasteiger charge is -2.30. The Bertz CT molecular complexity index is 589. The highest BCUT2D eigenvalue weighted by Gasteiger charge is 2.26. The van der Waals surface area contributed by atoms with Crippen molar-refractivity contribution in [1.82, 2.24) is 4.31 Å². The van der Waals surface area contributed by atoms with E-state index in [0.29, 0.717) is 25.6 Å². The SMILES string of the molecule is Cc1ccc(OCC2CCCN(S(C)(=O)=O)C2)c(CCl)c1. The monoisotopic (exact) mass is 331 g/mol. The Morgan fingerprint density at radius 1 is 1.43 bits per heavy atom. The van der Waals surface area contributed by atoms with Crippen LogP contribution in [0.4, 0.5) is 0 Å². The third-order valence-corrected chi connectivity index (χ3v) is 5.34. The van der Waals surface area contributed by atoms with Crippen LogP contribution in [0.15, 0.2) is 18.2 Å². The van der Waals surface area contributed by atoms with Crippen LogP contribution >= 0.6 is 11.6 Å². The molecule has 1 aliphatic rings. The van der Waals surface area contributed by atoms with Crippen LogP contribution < -0.4 is 4.74 Å². The number of piperidine rings is 1. The van der Waals surface area contributed by atoms with Gasteiger partial charge in [-0.05, 0) is 25.8 Å². The number of ether oxygens (including phenoxy) is 1. The summed E-state index contributed by atoms with van der Waals surface area (Å²) in [5.74, 6) is 1.45. The predicted molar refractivity (Wildman–Crippen MR) is 85.4 cm³/mol. The van der Waals surface area contributed by atoms with Gasteiger partial charge in [-0.1, -0.05) is 17.7 Å². The fourth-order valence-electron chi connectivity index (χ4n) is 2.63. The zero-order chi connectivity index (χ0) is 15.5. The standard InChI is InChI=1S/C15H22ClNO3S/c1-12-5-6-15(14(8-12)9-16)20-11-13-4-3-7-17(10-13)21(2,18)19/h5-6,8,13H,3-4,7,9-11H2,1-2H3. The van der Waals surface area contributed by atoms with Crippen molar-refractivity contribution in [2.75, 3.05) is 26.0 Å². The molecular weight excluding hydrogens is 310 g/mol. The van der Waals surface area contributed by atoms with Gasteiger partial charge in [0.05, 0.1) is 18.7 Å². The smallest absolute Gasteiger partial charge is 0.211 e. The van der Waals surface area contributed by atoms with E-state index in [9.17, 15) is 8.42 Å². The predicted octanol–water partition coefficient (Wildman–Crippen LogP) is 2.78. The quantitative estimate of drug-likeness (QED) is 0.779. The van der Waals surface area contributed by atoms with E-state index in [0.717, 1.165) is 29.7 Å². The Kier molecular flexibility index (Phi) is 5.52. The number of aryl methyl sites for hydroxylation is 1. The molecule has 1 saturated heterocycles. The van der Waals surface area contributed by atoms with Crippen molar-refractivity contribution in [2.45, 2.75) is 25.6 Å². The molecule has 1 aromatic carbocycles. The average Bonchev–Trinajstić information content (AvgIpc) is 2.45. The molecule has 4 nitrogen and oxygen atoms in total. The summed E-state index contributed by atoms with van der Waals surface area (Å²) in [6, 6.07) is 5.95. The molecule has 1 heterocycles. The Labute approximate surface area is 132 Å². The van der Waals surface area contributed by atoms with Crippen LogP contribution in [0.25, 0.3) is 0 Å². The van der Waals surface area contributed by atoms with Gasteiger partial charge in [0.2, 0.25) is 10.0 Å². The van der Waals surface area contributed by atoms with Crippen LogP contribution in [0.5, 0.6) is 5.75 Å². The molecule has 0 spiro atoms. The third kappa shape index (κ3) is 4.59. The lowest BCUT2D eigenvalue weighted by Crippen LogP contribution is -2.40. The normalized spacial score (nSPS) is 20.4. The highest BCUT2D eigenvalue weighted by atomic mass is 35.5. The van der Waals surface area contributed by atoms with Crippen LogP contribution in [-0.4, -0.2) is 38.7 Å². The van der Waals surface area contributed by atoms with E-state index in [2.05, 4.69) is 0 Å². The first-order chi connectivity index (χ1) is 9.90. The van der Waals surface area contributed by atoms with Gasteiger partial charge < -0.3 is 4.74 Å². The van der Waals surface area contributed by atoms with Crippen LogP contribution in [-0.2, 0) is 15.9 Å². The summed E-state index contributed by atoms with van der Waals surface area (Å²) in [4.78, 5) is 0. The van der Waals surface area contributed by atoms with Gasteiger partial charge in [-0.25, -0.2) is 12.7 Å². The number of sulfonamides is 1. The van der Waals surface area contributed by atoms with E-state index >= 15 is 0 Å². The third-order valence-electron chi connectivity index (χ3n) is 3.79. The number of rotatable bonds is 5. The maximum absolute atomic E-state index is 11.6. The molecule has 6 heteroatoms. The molecule has 0 amide bonds. The number of nitrogens with zero attached hydrogens (tertiary/aromatic N) is 1. The zero-order valence-corrected chi connectivity index (χ0v) is 14.1. The molecule has 0 saturated carbocycles. The molecule has 1 atom stereocenters. The van der Waals surface area contributed by atoms with Crippen LogP contribution in [0.2, 0.25) is 0 Å². The van der Waals surface area contributed by atoms with E-state index < -0.39 is 10.0 Å². The molecule has 0 aliphatic carbocycles. The molecule has 0 bridgehead atoms. The van der Waals surface area contributed by atoms with Gasteiger partial charge in [-0.2, -0.15) is 0 Å². The lowest BCUT2D eigenvalue weighted by molar-refractivity contribution is 0.180. The van der Waals surface area contributed by atoms with Crippen LogP contribution in [0.1, 0.15) is 24.0 Å². The summed E-state index contributed by atoms with van der Waals surface area (Å²) in [6.07, 6.45) is 3.15. The molecule has 118 valence electrons. The van der Waals surface area contributed by atoms with E-state index in [1.54, 1.807) is 4.31 Å². The first-order valence-electron chi connectivity index (χ1n) is 7.13. The molecule has 1 fully saturated rings. The number of halogens is 1. The molecule has 0 N–H and O–H groups in total. The topological polar surface area (TPSA) is 46.6 Å². The van der Waals surface area contributed by atoms with E-state index in [-0.39, 0.29) is 5.92 Å². The minimum atomic E-state index is -3.10. The first kappa shape index (κ1) is 16.6. The highest BCUT2D eigenvalue weighted by Crippen LogP contribution is 2.24. The fraction of sp³-hybridized carbons (Fsp3) is 0.600. The minimum Gasteiger partial charge on any atom is -0.493 e. The van der Waals surface area contributed by atoms with Crippen molar-refractivity contribution in [3.05, 3.63) is 29.3 Å². The average molecular weight is 332 g/mol. The highest BCUT2D eigenvalue weighted by molar-refractivity contribution is 7.88. The maximum Gasteiger partial charge on any atom is 0.211 e. The number of hydrogen-bond acceptors (Lipinski definition) is 3. The molecule has 2 rings (SSSR count). The van der Waals surface area contributed by atoms with Gasteiger partial charge in [0.1, 0.15) is 5.75 Å². The summed E-state index contributed by atoms with van der Waals surface area (Å²) >= 11 is 5.94. The van der Waals surface area contributed by atoms with E-state index in [1.807, 2.05) is 25.1 Å². The molecule has 21 heavy (non-hydrogen) atoms. The number of alkyl halides is 1. The summed E-state index contributed by atoms with van der Waals surface area (Å²) in [6.45, 7) is 3.71. The van der Waals surface area contributed by atoms with Crippen molar-refractivity contribution < 1.29 is 13.2 Å². The summed E-state index contributed by atoms with van der Waals surface area (Å²) in [5, 5.41) is 0. The minimum absolute atomic E-state index is 0.234. The number of hydrogen-bond donors (Lipinski definition) is 0. The maximum atomic E-state index is 11.6. The number of benzene rings is 1. The summed E-state index contributed by atoms with van der Waals surface area (Å²) in [7, 11) is -3.10. The van der Waals surface area contributed by atoms with Crippen LogP contribution in [0.3, 0.4) is 0 Å². The molecule has 1 unspecified atom stereocenters. The molecule has 0 aromatic heterocycles. The van der Waals surface area contributed by atoms with Gasteiger partial charge >= 0.3 is 0 Å². The van der Waals surface area contributed by atoms with Gasteiger partial charge in [0.15, 0.2) is 0 Å². The summed E-state index contributed by atoms with van der Waals surface area (Å²) in [5.41, 5.74) is 2.13. The summed E-state index contributed by atoms with van der Waals surface area (Å²) < 4.78 is 30.6. The Balaban J connectivity index is 1.97. The zero-order valence-electron chi connectivity index (χ0n) is 12.5. The van der Waals surface area contributed by atoms with Gasteiger partial charge in [-0.3, -0.25) is 0 Å². The fourth-order valence-corrected chi connectivity index (χ4v) is 3.78. The first-order valence-corrected chi connectivity index (χ1v) is 9.52. The lowest BCUT2D eigenvalue weighted by atomic mass is 10.0. The van der Waals surface area contributed by atoms with Crippen molar-refractivity contribution >= 4 is 21.6 Å². The largest absolute Gasteiger partial charge is 0.493 e. The van der Waals surface area contributed by atoms with Gasteiger partial charge in [-0.15, -0.1) is 11.6 Å². The second kappa shape index (κ2) is 6.99. The van der Waals surface area contributed by atoms with Gasteiger partial charge in [0.25, 0.3) is 0 Å². The second-order valence-corrected chi connectivity index (χ2v) is 7.93. The van der Waals surface area contributed by atoms with Crippen molar-refractivity contribution in [2.24, 2.45) is 5.92 Å². The van der Waals surface area contributed by atoms with Gasteiger partial charge in [0, 0.05) is 24.6 Å². The molecule has 1 aliphatic heterocycles. The Morgan fingerprint density at radius 2 is 2.19 bits per heavy atom. The van der Waals surface area contributed by atoms with Crippen molar-refractivity contribution in [3.8, 4) is 5.75 Å². The van der Waals surface area contributed by atoms with E-state index in [4.69, 9.17) is 16.3 Å². The van der Waals surface area contributed by atoms with Crippen LogP contribution in [0, 0.1) is 12.8 Å². The molecule has 1 aromatic rings. The van der Waals surface area contributed by atoms with E-state index in [1.165, 1.54) is 6.26 Å². The molecular formula is C15H22ClNO3S. The Hall–Kier alpha value is -0.780. The van der Waals surface area contributed by atoms with Crippen molar-refractivity contribution in [3.63, 3.8) is 0 Å². The second-order valence-electron chi connectivity index (χ2n) is 5.69. The molecule has 0 radical (unpaired) electrons. The van der Waals surface area contributed by atoms with Crippen molar-refractivity contribution in [1.29, 1.82) is 0 Å².